The number of hydrogen-bond acceptors (Lipinski definition) is 5. The lowest BCUT2D eigenvalue weighted by Gasteiger charge is -2.12. The first-order valence-electron chi connectivity index (χ1n) is 10.9. The first-order valence-corrected chi connectivity index (χ1v) is 12.1. The number of nitrogens with zero attached hydrogens (tertiary/aromatic N) is 1. The number of anilines is 1. The van der Waals surface area contributed by atoms with Crippen LogP contribution in [0.4, 0.5) is 5.69 Å². The monoisotopic (exact) mass is 535 g/mol. The fourth-order valence-electron chi connectivity index (χ4n) is 3.66. The molecule has 6 nitrogen and oxygen atoms in total. The van der Waals surface area contributed by atoms with Crippen molar-refractivity contribution < 1.29 is 13.6 Å². The molecule has 1 amide bonds. The number of amides is 1. The summed E-state index contributed by atoms with van der Waals surface area (Å²) in [5.41, 5.74) is 5.62. The fourth-order valence-corrected chi connectivity index (χ4v) is 4.25. The number of halogens is 2. The summed E-state index contributed by atoms with van der Waals surface area (Å²) in [6.45, 7) is 3.94. The highest BCUT2D eigenvalue weighted by Gasteiger charge is 2.17. The molecule has 0 aliphatic rings. The number of oxazole rings is 1. The predicted octanol–water partition coefficient (Wildman–Crippen LogP) is 7.81. The van der Waals surface area contributed by atoms with Gasteiger partial charge < -0.3 is 14.2 Å². The zero-order valence-electron chi connectivity index (χ0n) is 19.2. The Hall–Kier alpha value is -3.65. The third-order valence-corrected chi connectivity index (χ3v) is 6.30. The predicted molar refractivity (Wildman–Crippen MR) is 147 cm³/mol. The van der Waals surface area contributed by atoms with E-state index >= 15 is 0 Å². The molecular formula is C27H19Cl2N3O3S. The number of hydrogen-bond donors (Lipinski definition) is 2. The van der Waals surface area contributed by atoms with E-state index in [9.17, 15) is 4.79 Å². The van der Waals surface area contributed by atoms with Gasteiger partial charge in [0.15, 0.2) is 16.5 Å². The van der Waals surface area contributed by atoms with Gasteiger partial charge in [0.1, 0.15) is 11.3 Å². The summed E-state index contributed by atoms with van der Waals surface area (Å²) < 4.78 is 11.6. The topological polar surface area (TPSA) is 80.3 Å². The summed E-state index contributed by atoms with van der Waals surface area (Å²) in [7, 11) is 0. The van der Waals surface area contributed by atoms with Crippen LogP contribution in [0, 0.1) is 13.8 Å². The molecule has 0 aliphatic carbocycles. The highest BCUT2D eigenvalue weighted by atomic mass is 35.5. The molecule has 5 aromatic rings. The van der Waals surface area contributed by atoms with Crippen molar-refractivity contribution in [1.82, 2.24) is 10.3 Å². The molecule has 9 heteroatoms. The van der Waals surface area contributed by atoms with Gasteiger partial charge in [0, 0.05) is 21.8 Å². The van der Waals surface area contributed by atoms with E-state index in [2.05, 4.69) is 15.6 Å². The van der Waals surface area contributed by atoms with Gasteiger partial charge in [-0.3, -0.25) is 10.1 Å². The second-order valence-corrected chi connectivity index (χ2v) is 9.47. The molecule has 0 atom stereocenters. The number of carbonyl (C=O) groups is 1. The Morgan fingerprint density at radius 3 is 2.61 bits per heavy atom. The number of fused-ring (bicyclic) bond motifs is 1. The van der Waals surface area contributed by atoms with E-state index in [1.54, 1.807) is 30.3 Å². The number of nitrogens with one attached hydrogen (secondary N) is 2. The minimum absolute atomic E-state index is 0.0810. The number of rotatable bonds is 4. The van der Waals surface area contributed by atoms with E-state index in [1.165, 1.54) is 0 Å². The maximum atomic E-state index is 12.7. The van der Waals surface area contributed by atoms with Crippen molar-refractivity contribution in [3.63, 3.8) is 0 Å². The van der Waals surface area contributed by atoms with E-state index in [0.717, 1.165) is 22.2 Å². The lowest BCUT2D eigenvalue weighted by atomic mass is 10.1. The highest BCUT2D eigenvalue weighted by Crippen LogP contribution is 2.32. The van der Waals surface area contributed by atoms with Gasteiger partial charge in [-0.15, -0.1) is 0 Å². The van der Waals surface area contributed by atoms with E-state index in [0.29, 0.717) is 38.5 Å². The van der Waals surface area contributed by atoms with Gasteiger partial charge in [-0.05, 0) is 91.8 Å². The number of carbonyl (C=O) groups excluding carboxylic acids is 1. The van der Waals surface area contributed by atoms with Crippen LogP contribution in [0.2, 0.25) is 10.0 Å². The molecule has 0 saturated carbocycles. The fraction of sp³-hybridized carbons (Fsp3) is 0.0741. The van der Waals surface area contributed by atoms with Crippen LogP contribution in [0.25, 0.3) is 33.9 Å². The second kappa shape index (κ2) is 9.78. The van der Waals surface area contributed by atoms with Gasteiger partial charge in [-0.1, -0.05) is 35.3 Å². The summed E-state index contributed by atoms with van der Waals surface area (Å²) in [6.07, 6.45) is 0. The molecular weight excluding hydrogens is 517 g/mol. The normalized spacial score (nSPS) is 11.0. The zero-order chi connectivity index (χ0) is 25.4. The van der Waals surface area contributed by atoms with Gasteiger partial charge in [0.2, 0.25) is 5.89 Å². The molecule has 0 radical (unpaired) electrons. The molecule has 2 heterocycles. The molecule has 0 aliphatic heterocycles. The minimum Gasteiger partial charge on any atom is -0.451 e. The third kappa shape index (κ3) is 4.99. The van der Waals surface area contributed by atoms with Gasteiger partial charge in [-0.2, -0.15) is 0 Å². The van der Waals surface area contributed by atoms with Crippen LogP contribution in [0.15, 0.2) is 75.6 Å². The SMILES string of the molecule is Cc1ccc2oc(-c3ccc(C)c(NC(=S)NC(=O)c4ccc(-c5cc(Cl)ccc5Cl)o4)c3)nc2c1. The lowest BCUT2D eigenvalue weighted by molar-refractivity contribution is 0.0951. The number of aryl methyl sites for hydroxylation is 2. The Labute approximate surface area is 222 Å². The smallest absolute Gasteiger partial charge is 0.293 e. The number of thiocarbonyl (C=S) groups is 1. The van der Waals surface area contributed by atoms with Crippen molar-refractivity contribution in [1.29, 1.82) is 0 Å². The largest absolute Gasteiger partial charge is 0.451 e. The van der Waals surface area contributed by atoms with Gasteiger partial charge in [-0.25, -0.2) is 4.98 Å². The van der Waals surface area contributed by atoms with Crippen molar-refractivity contribution in [2.24, 2.45) is 0 Å². The van der Waals surface area contributed by atoms with E-state index in [-0.39, 0.29) is 10.9 Å². The number of aromatic nitrogens is 1. The van der Waals surface area contributed by atoms with Crippen molar-refractivity contribution >= 4 is 63.2 Å². The number of benzene rings is 3. The quantitative estimate of drug-likeness (QED) is 0.228. The Kier molecular flexibility index (Phi) is 6.53. The molecule has 0 fully saturated rings. The molecule has 180 valence electrons. The van der Waals surface area contributed by atoms with Crippen LogP contribution < -0.4 is 10.6 Å². The Balaban J connectivity index is 1.31. The summed E-state index contributed by atoms with van der Waals surface area (Å²) in [5.74, 6) is 0.498. The summed E-state index contributed by atoms with van der Waals surface area (Å²) in [4.78, 5) is 17.3. The molecule has 0 unspecified atom stereocenters. The van der Waals surface area contributed by atoms with Crippen LogP contribution in [0.5, 0.6) is 0 Å². The molecule has 0 saturated heterocycles. The number of furan rings is 1. The maximum Gasteiger partial charge on any atom is 0.293 e. The minimum atomic E-state index is -0.500. The highest BCUT2D eigenvalue weighted by molar-refractivity contribution is 7.80. The Morgan fingerprint density at radius 1 is 0.944 bits per heavy atom. The van der Waals surface area contributed by atoms with Gasteiger partial charge in [0.25, 0.3) is 5.91 Å². The maximum absolute atomic E-state index is 12.7. The van der Waals surface area contributed by atoms with Crippen molar-refractivity contribution in [3.05, 3.63) is 93.7 Å². The van der Waals surface area contributed by atoms with Crippen LogP contribution in [-0.4, -0.2) is 16.0 Å². The molecule has 5 rings (SSSR count). The van der Waals surface area contributed by atoms with E-state index < -0.39 is 5.91 Å². The molecule has 0 bridgehead atoms. The molecule has 0 spiro atoms. The van der Waals surface area contributed by atoms with Crippen LogP contribution in [0.1, 0.15) is 21.7 Å². The average molecular weight is 536 g/mol. The Morgan fingerprint density at radius 2 is 1.78 bits per heavy atom. The van der Waals surface area contributed by atoms with Gasteiger partial charge in [0.05, 0.1) is 5.02 Å². The summed E-state index contributed by atoms with van der Waals surface area (Å²) in [6, 6.07) is 19.8. The third-order valence-electron chi connectivity index (χ3n) is 5.53. The van der Waals surface area contributed by atoms with Crippen molar-refractivity contribution in [3.8, 4) is 22.8 Å². The standard InChI is InChI=1S/C27H19Cl2N3O3S/c1-14-3-8-23-21(11-14)30-26(35-23)16-5-4-15(2)20(12-16)31-27(36)32-25(33)24-10-9-22(34-24)18-13-17(28)6-7-19(18)29/h3-13H,1-2H3,(H2,31,32,33,36). The van der Waals surface area contributed by atoms with Crippen molar-refractivity contribution in [2.75, 3.05) is 5.32 Å². The first kappa shape index (κ1) is 24.1. The first-order chi connectivity index (χ1) is 17.3. The molecule has 3 aromatic carbocycles. The average Bonchev–Trinajstić information content (AvgIpc) is 3.49. The van der Waals surface area contributed by atoms with Crippen molar-refractivity contribution in [2.45, 2.75) is 13.8 Å². The molecule has 36 heavy (non-hydrogen) atoms. The van der Waals surface area contributed by atoms with Crippen LogP contribution in [0.3, 0.4) is 0 Å². The molecule has 2 aromatic heterocycles. The summed E-state index contributed by atoms with van der Waals surface area (Å²) >= 11 is 17.7. The lowest BCUT2D eigenvalue weighted by Crippen LogP contribution is -2.34. The second-order valence-electron chi connectivity index (χ2n) is 8.22. The summed E-state index contributed by atoms with van der Waals surface area (Å²) in [5, 5.41) is 6.79. The molecule has 2 N–H and O–H groups in total. The van der Waals surface area contributed by atoms with Crippen LogP contribution in [-0.2, 0) is 0 Å². The van der Waals surface area contributed by atoms with Crippen LogP contribution >= 0.6 is 35.4 Å². The zero-order valence-corrected chi connectivity index (χ0v) is 21.5. The van der Waals surface area contributed by atoms with E-state index in [1.807, 2.05) is 50.2 Å². The van der Waals surface area contributed by atoms with E-state index in [4.69, 9.17) is 44.3 Å². The van der Waals surface area contributed by atoms with Gasteiger partial charge >= 0.3 is 0 Å². The Bertz CT molecular complexity index is 1640.